The Hall–Kier alpha value is -0.960. The first kappa shape index (κ1) is 8.63. The lowest BCUT2D eigenvalue weighted by atomic mass is 10.0. The molecule has 1 aliphatic rings. The first-order valence-corrected chi connectivity index (χ1v) is 5.25. The number of allylic oxidation sites excluding steroid dienone is 4. The van der Waals surface area contributed by atoms with Gasteiger partial charge in [-0.3, -0.25) is 0 Å². The van der Waals surface area contributed by atoms with E-state index in [0.717, 1.165) is 22.9 Å². The van der Waals surface area contributed by atoms with Crippen LogP contribution in [0.15, 0.2) is 17.7 Å². The van der Waals surface area contributed by atoms with E-state index < -0.39 is 0 Å². The van der Waals surface area contributed by atoms with E-state index in [4.69, 9.17) is 0 Å². The van der Waals surface area contributed by atoms with Gasteiger partial charge in [-0.05, 0) is 32.3 Å². The quantitative estimate of drug-likeness (QED) is 0.683. The fourth-order valence-electron chi connectivity index (χ4n) is 1.46. The van der Waals surface area contributed by atoms with Crippen LogP contribution in [0.25, 0.3) is 5.57 Å². The summed E-state index contributed by atoms with van der Waals surface area (Å²) in [6, 6.07) is 0. The molecule has 0 aromatic carbocycles. The van der Waals surface area contributed by atoms with E-state index in [9.17, 15) is 0 Å². The Morgan fingerprint density at radius 2 is 2.15 bits per heavy atom. The fourth-order valence-corrected chi connectivity index (χ4v) is 2.19. The molecule has 1 aromatic rings. The number of aromatic nitrogens is 2. The Labute approximate surface area is 82.0 Å². The lowest BCUT2D eigenvalue weighted by Crippen LogP contribution is -1.89. The van der Waals surface area contributed by atoms with Crippen LogP contribution >= 0.6 is 11.3 Å². The molecule has 0 radical (unpaired) electrons. The molecule has 2 nitrogen and oxygen atoms in total. The van der Waals surface area contributed by atoms with Crippen LogP contribution in [0.3, 0.4) is 0 Å². The van der Waals surface area contributed by atoms with Gasteiger partial charge in [0.15, 0.2) is 0 Å². The normalized spacial score (nSPS) is 16.8. The van der Waals surface area contributed by atoms with E-state index in [1.54, 1.807) is 11.3 Å². The molecule has 68 valence electrons. The zero-order chi connectivity index (χ0) is 9.26. The minimum Gasteiger partial charge on any atom is -0.144 e. The van der Waals surface area contributed by atoms with Crippen molar-refractivity contribution in [2.45, 2.75) is 26.7 Å². The highest BCUT2D eigenvalue weighted by Gasteiger charge is 2.09. The third-order valence-corrected chi connectivity index (χ3v) is 3.00. The Morgan fingerprint density at radius 3 is 2.77 bits per heavy atom. The van der Waals surface area contributed by atoms with Gasteiger partial charge >= 0.3 is 0 Å². The van der Waals surface area contributed by atoms with Crippen molar-refractivity contribution in [2.75, 3.05) is 0 Å². The van der Waals surface area contributed by atoms with Crippen molar-refractivity contribution in [3.63, 3.8) is 0 Å². The van der Waals surface area contributed by atoms with Crippen molar-refractivity contribution in [3.8, 4) is 0 Å². The van der Waals surface area contributed by atoms with Gasteiger partial charge in [0, 0.05) is 0 Å². The van der Waals surface area contributed by atoms with Crippen LogP contribution in [0.1, 0.15) is 29.8 Å². The molecule has 1 aliphatic carbocycles. The molecule has 0 N–H and O–H groups in total. The molecule has 2 rings (SSSR count). The maximum absolute atomic E-state index is 4.15. The molecule has 0 unspecified atom stereocenters. The third kappa shape index (κ3) is 1.86. The molecule has 1 aromatic heterocycles. The SMILES string of the molecule is CC1=CCCC(c2nnc(C)s2)=C1. The molecule has 0 amide bonds. The molecule has 0 spiro atoms. The van der Waals surface area contributed by atoms with Crippen molar-refractivity contribution < 1.29 is 0 Å². The first-order valence-electron chi connectivity index (χ1n) is 4.43. The summed E-state index contributed by atoms with van der Waals surface area (Å²) in [6.45, 7) is 4.13. The summed E-state index contributed by atoms with van der Waals surface area (Å²) in [5.41, 5.74) is 2.68. The smallest absolute Gasteiger partial charge is 0.143 e. The molecule has 3 heteroatoms. The summed E-state index contributed by atoms with van der Waals surface area (Å²) in [4.78, 5) is 0. The van der Waals surface area contributed by atoms with Gasteiger partial charge in [-0.2, -0.15) is 0 Å². The minimum absolute atomic E-state index is 1.04. The van der Waals surface area contributed by atoms with E-state index in [1.165, 1.54) is 11.1 Å². The highest BCUT2D eigenvalue weighted by Crippen LogP contribution is 2.27. The number of aryl methyl sites for hydroxylation is 1. The summed E-state index contributed by atoms with van der Waals surface area (Å²) in [5, 5.41) is 10.3. The van der Waals surface area contributed by atoms with Crippen LogP contribution in [0.5, 0.6) is 0 Å². The predicted molar refractivity (Wildman–Crippen MR) is 55.6 cm³/mol. The van der Waals surface area contributed by atoms with Crippen LogP contribution in [-0.2, 0) is 0 Å². The Bertz CT molecular complexity index is 374. The first-order chi connectivity index (χ1) is 6.25. The Morgan fingerprint density at radius 1 is 1.31 bits per heavy atom. The maximum Gasteiger partial charge on any atom is 0.143 e. The van der Waals surface area contributed by atoms with E-state index in [2.05, 4.69) is 29.3 Å². The molecule has 0 saturated heterocycles. The highest BCUT2D eigenvalue weighted by atomic mass is 32.1. The van der Waals surface area contributed by atoms with E-state index >= 15 is 0 Å². The second kappa shape index (κ2) is 3.42. The second-order valence-corrected chi connectivity index (χ2v) is 4.46. The van der Waals surface area contributed by atoms with Gasteiger partial charge < -0.3 is 0 Å². The van der Waals surface area contributed by atoms with Gasteiger partial charge in [-0.1, -0.05) is 29.1 Å². The average Bonchev–Trinajstić information content (AvgIpc) is 2.52. The molecule has 0 atom stereocenters. The van der Waals surface area contributed by atoms with Crippen molar-refractivity contribution >= 4 is 16.9 Å². The average molecular weight is 192 g/mol. The van der Waals surface area contributed by atoms with Crippen LogP contribution in [0.4, 0.5) is 0 Å². The topological polar surface area (TPSA) is 25.8 Å². The highest BCUT2D eigenvalue weighted by molar-refractivity contribution is 7.12. The third-order valence-electron chi connectivity index (χ3n) is 2.08. The molecule has 0 bridgehead atoms. The zero-order valence-electron chi connectivity index (χ0n) is 7.87. The zero-order valence-corrected chi connectivity index (χ0v) is 8.69. The molecule has 13 heavy (non-hydrogen) atoms. The van der Waals surface area contributed by atoms with Crippen molar-refractivity contribution in [1.82, 2.24) is 10.2 Å². The summed E-state index contributed by atoms with van der Waals surface area (Å²) in [6.07, 6.45) is 6.71. The van der Waals surface area contributed by atoms with Crippen LogP contribution in [0.2, 0.25) is 0 Å². The molecular formula is C10H12N2S. The second-order valence-electron chi connectivity index (χ2n) is 3.28. The van der Waals surface area contributed by atoms with Gasteiger partial charge in [0.1, 0.15) is 10.0 Å². The van der Waals surface area contributed by atoms with E-state index in [1.807, 2.05) is 6.92 Å². The molecule has 1 heterocycles. The molecule has 0 aliphatic heterocycles. The standard InChI is InChI=1S/C10H12N2S/c1-7-4-3-5-9(6-7)10-12-11-8(2)13-10/h4,6H,3,5H2,1-2H3. The van der Waals surface area contributed by atoms with Gasteiger partial charge in [0.25, 0.3) is 0 Å². The van der Waals surface area contributed by atoms with Gasteiger partial charge in [0.2, 0.25) is 0 Å². The van der Waals surface area contributed by atoms with Crippen LogP contribution in [0, 0.1) is 6.92 Å². The monoisotopic (exact) mass is 192 g/mol. The summed E-state index contributed by atoms with van der Waals surface area (Å²) >= 11 is 1.68. The summed E-state index contributed by atoms with van der Waals surface area (Å²) in [5.74, 6) is 0. The summed E-state index contributed by atoms with van der Waals surface area (Å²) < 4.78 is 0. The number of nitrogens with zero attached hydrogens (tertiary/aromatic N) is 2. The predicted octanol–water partition coefficient (Wildman–Crippen LogP) is 2.97. The minimum atomic E-state index is 1.04. The Balaban J connectivity index is 2.31. The fraction of sp³-hybridized carbons (Fsp3) is 0.400. The maximum atomic E-state index is 4.15. The lowest BCUT2D eigenvalue weighted by molar-refractivity contribution is 0.992. The van der Waals surface area contributed by atoms with E-state index in [0.29, 0.717) is 0 Å². The number of rotatable bonds is 1. The van der Waals surface area contributed by atoms with Gasteiger partial charge in [-0.15, -0.1) is 10.2 Å². The number of hydrogen-bond acceptors (Lipinski definition) is 3. The van der Waals surface area contributed by atoms with Gasteiger partial charge in [-0.25, -0.2) is 0 Å². The van der Waals surface area contributed by atoms with Crippen LogP contribution < -0.4 is 0 Å². The van der Waals surface area contributed by atoms with Crippen molar-refractivity contribution in [2.24, 2.45) is 0 Å². The van der Waals surface area contributed by atoms with Crippen molar-refractivity contribution in [1.29, 1.82) is 0 Å². The number of hydrogen-bond donors (Lipinski definition) is 0. The van der Waals surface area contributed by atoms with E-state index in [-0.39, 0.29) is 0 Å². The molecular weight excluding hydrogens is 180 g/mol. The van der Waals surface area contributed by atoms with Crippen LogP contribution in [-0.4, -0.2) is 10.2 Å². The van der Waals surface area contributed by atoms with Gasteiger partial charge in [0.05, 0.1) is 0 Å². The Kier molecular flexibility index (Phi) is 2.27. The molecule has 0 fully saturated rings. The molecule has 0 saturated carbocycles. The summed E-state index contributed by atoms with van der Waals surface area (Å²) in [7, 11) is 0. The lowest BCUT2D eigenvalue weighted by Gasteiger charge is -2.07. The van der Waals surface area contributed by atoms with Crippen molar-refractivity contribution in [3.05, 3.63) is 27.7 Å². The largest absolute Gasteiger partial charge is 0.144 e.